The highest BCUT2D eigenvalue weighted by molar-refractivity contribution is 6.33. The second kappa shape index (κ2) is 6.11. The number of halogens is 2. The fraction of sp³-hybridized carbons (Fsp3) is 0.133. The average molecular weight is 323 g/mol. The first-order valence-corrected chi connectivity index (χ1v) is 6.72. The van der Waals surface area contributed by atoms with Crippen LogP contribution in [0.25, 0.3) is 0 Å². The number of amides is 1. The molecule has 0 unspecified atom stereocenters. The Hall–Kier alpha value is -2.47. The fourth-order valence-electron chi connectivity index (χ4n) is 2.24. The molecule has 0 spiro atoms. The van der Waals surface area contributed by atoms with Crippen LogP contribution in [0.3, 0.4) is 0 Å². The first-order chi connectivity index (χ1) is 10.3. The van der Waals surface area contributed by atoms with Gasteiger partial charge in [0, 0.05) is 17.5 Å². The number of hydrogen-bond acceptors (Lipinski definition) is 3. The van der Waals surface area contributed by atoms with Gasteiger partial charge in [-0.15, -0.1) is 0 Å². The van der Waals surface area contributed by atoms with Crippen molar-refractivity contribution in [3.05, 3.63) is 74.0 Å². The van der Waals surface area contributed by atoms with Crippen LogP contribution in [0, 0.1) is 15.9 Å². The molecule has 0 radical (unpaired) electrons. The van der Waals surface area contributed by atoms with Crippen LogP contribution in [-0.4, -0.2) is 10.8 Å². The molecule has 1 atom stereocenters. The van der Waals surface area contributed by atoms with Gasteiger partial charge in [0.2, 0.25) is 5.91 Å². The Morgan fingerprint density at radius 1 is 1.36 bits per heavy atom. The molecule has 0 aliphatic rings. The van der Waals surface area contributed by atoms with Crippen molar-refractivity contribution in [1.29, 1.82) is 0 Å². The van der Waals surface area contributed by atoms with E-state index in [2.05, 4.69) is 0 Å². The van der Waals surface area contributed by atoms with Gasteiger partial charge in [-0.3, -0.25) is 14.9 Å². The molecule has 22 heavy (non-hydrogen) atoms. The minimum Gasteiger partial charge on any atom is -0.366 e. The molecule has 2 aromatic carbocycles. The second-order valence-electron chi connectivity index (χ2n) is 4.79. The molecule has 5 nitrogen and oxygen atoms in total. The molecule has 2 rings (SSSR count). The van der Waals surface area contributed by atoms with Gasteiger partial charge in [-0.25, -0.2) is 4.39 Å². The third-order valence-corrected chi connectivity index (χ3v) is 3.70. The number of hydrogen-bond donors (Lipinski definition) is 1. The van der Waals surface area contributed by atoms with Gasteiger partial charge in [0.25, 0.3) is 5.69 Å². The van der Waals surface area contributed by atoms with E-state index in [1.165, 1.54) is 24.3 Å². The highest BCUT2D eigenvalue weighted by Gasteiger charge is 2.23. The molecule has 2 aromatic rings. The van der Waals surface area contributed by atoms with Crippen molar-refractivity contribution in [2.24, 2.45) is 5.73 Å². The molecule has 0 bridgehead atoms. The minimum atomic E-state index is -0.807. The van der Waals surface area contributed by atoms with Gasteiger partial charge < -0.3 is 5.73 Å². The van der Waals surface area contributed by atoms with Crippen molar-refractivity contribution in [3.63, 3.8) is 0 Å². The standard InChI is InChI=1S/C15H12ClFN2O3/c1-8(9-3-2-4-10(17)5-9)11-6-13(16)14(19(21)22)7-12(11)15(18)20/h2-8H,1H3,(H2,18,20)/t8-/m1/s1. The highest BCUT2D eigenvalue weighted by Crippen LogP contribution is 2.34. The Morgan fingerprint density at radius 3 is 2.59 bits per heavy atom. The molecule has 0 saturated carbocycles. The van der Waals surface area contributed by atoms with E-state index in [9.17, 15) is 19.3 Å². The van der Waals surface area contributed by atoms with Crippen molar-refractivity contribution < 1.29 is 14.1 Å². The summed E-state index contributed by atoms with van der Waals surface area (Å²) in [5, 5.41) is 10.8. The second-order valence-corrected chi connectivity index (χ2v) is 5.20. The van der Waals surface area contributed by atoms with Crippen molar-refractivity contribution in [1.82, 2.24) is 0 Å². The summed E-state index contributed by atoms with van der Waals surface area (Å²) in [6.07, 6.45) is 0. The Morgan fingerprint density at radius 2 is 2.05 bits per heavy atom. The van der Waals surface area contributed by atoms with Crippen molar-refractivity contribution in [3.8, 4) is 0 Å². The van der Waals surface area contributed by atoms with E-state index >= 15 is 0 Å². The van der Waals surface area contributed by atoms with Gasteiger partial charge >= 0.3 is 0 Å². The van der Waals surface area contributed by atoms with Crippen LogP contribution >= 0.6 is 11.6 Å². The lowest BCUT2D eigenvalue weighted by molar-refractivity contribution is -0.384. The summed E-state index contributed by atoms with van der Waals surface area (Å²) in [7, 11) is 0. The van der Waals surface area contributed by atoms with Gasteiger partial charge in [0.05, 0.1) is 4.92 Å². The molecule has 0 saturated heterocycles. The van der Waals surface area contributed by atoms with Gasteiger partial charge in [-0.05, 0) is 29.3 Å². The lowest BCUT2D eigenvalue weighted by Gasteiger charge is -2.16. The van der Waals surface area contributed by atoms with Crippen LogP contribution in [0.5, 0.6) is 0 Å². The number of benzene rings is 2. The number of carbonyl (C=O) groups excluding carboxylic acids is 1. The maximum absolute atomic E-state index is 13.3. The van der Waals surface area contributed by atoms with E-state index < -0.39 is 28.3 Å². The Kier molecular flexibility index (Phi) is 4.42. The lowest BCUT2D eigenvalue weighted by atomic mass is 9.89. The summed E-state index contributed by atoms with van der Waals surface area (Å²) in [6, 6.07) is 8.23. The zero-order chi connectivity index (χ0) is 16.4. The zero-order valence-corrected chi connectivity index (χ0v) is 12.3. The molecule has 0 heterocycles. The van der Waals surface area contributed by atoms with Gasteiger partial charge in [0.15, 0.2) is 0 Å². The number of nitrogens with two attached hydrogens (primary N) is 1. The number of nitro groups is 1. The zero-order valence-electron chi connectivity index (χ0n) is 11.5. The molecule has 1 amide bonds. The van der Waals surface area contributed by atoms with E-state index in [1.54, 1.807) is 13.0 Å². The number of rotatable bonds is 4. The van der Waals surface area contributed by atoms with E-state index in [1.807, 2.05) is 0 Å². The van der Waals surface area contributed by atoms with Crippen molar-refractivity contribution in [2.75, 3.05) is 0 Å². The largest absolute Gasteiger partial charge is 0.366 e. The first kappa shape index (κ1) is 15.9. The maximum atomic E-state index is 13.3. The fourth-order valence-corrected chi connectivity index (χ4v) is 2.49. The normalized spacial score (nSPS) is 12.0. The van der Waals surface area contributed by atoms with Gasteiger partial charge in [-0.2, -0.15) is 0 Å². The quantitative estimate of drug-likeness (QED) is 0.688. The summed E-state index contributed by atoms with van der Waals surface area (Å²) in [5.41, 5.74) is 5.91. The van der Waals surface area contributed by atoms with Crippen molar-refractivity contribution in [2.45, 2.75) is 12.8 Å². The average Bonchev–Trinajstić information content (AvgIpc) is 2.45. The Labute approximate surface area is 130 Å². The van der Waals surface area contributed by atoms with E-state index in [4.69, 9.17) is 17.3 Å². The van der Waals surface area contributed by atoms with Gasteiger partial charge in [-0.1, -0.05) is 30.7 Å². The summed E-state index contributed by atoms with van der Waals surface area (Å²) < 4.78 is 13.3. The molecule has 0 aromatic heterocycles. The molecule has 114 valence electrons. The van der Waals surface area contributed by atoms with E-state index in [-0.39, 0.29) is 10.6 Å². The maximum Gasteiger partial charge on any atom is 0.288 e. The van der Waals surface area contributed by atoms with Crippen LogP contribution in [0.4, 0.5) is 10.1 Å². The minimum absolute atomic E-state index is 0.00661. The third kappa shape index (κ3) is 3.07. The molecule has 2 N–H and O–H groups in total. The molecule has 0 fully saturated rings. The molecular formula is C15H12ClFN2O3. The predicted octanol–water partition coefficient (Wildman–Crippen LogP) is 3.64. The first-order valence-electron chi connectivity index (χ1n) is 6.34. The third-order valence-electron chi connectivity index (χ3n) is 3.40. The van der Waals surface area contributed by atoms with Gasteiger partial charge in [0.1, 0.15) is 10.8 Å². The van der Waals surface area contributed by atoms with E-state index in [0.717, 1.165) is 6.07 Å². The summed E-state index contributed by atoms with van der Waals surface area (Å²) in [4.78, 5) is 21.8. The van der Waals surface area contributed by atoms with Crippen LogP contribution in [0.1, 0.15) is 34.3 Å². The van der Waals surface area contributed by atoms with Crippen LogP contribution in [0.2, 0.25) is 5.02 Å². The van der Waals surface area contributed by atoms with E-state index in [0.29, 0.717) is 11.1 Å². The smallest absolute Gasteiger partial charge is 0.288 e. The lowest BCUT2D eigenvalue weighted by Crippen LogP contribution is -2.16. The summed E-state index contributed by atoms with van der Waals surface area (Å²) in [6.45, 7) is 1.73. The Bertz CT molecular complexity index is 764. The summed E-state index contributed by atoms with van der Waals surface area (Å²) >= 11 is 5.90. The predicted molar refractivity (Wildman–Crippen MR) is 80.5 cm³/mol. The SMILES string of the molecule is C[C@H](c1cccc(F)c1)c1cc(Cl)c([N+](=O)[O-])cc1C(N)=O. The van der Waals surface area contributed by atoms with Crippen LogP contribution in [-0.2, 0) is 0 Å². The van der Waals surface area contributed by atoms with Crippen LogP contribution < -0.4 is 5.73 Å². The highest BCUT2D eigenvalue weighted by atomic mass is 35.5. The number of primary amides is 1. The molecule has 7 heteroatoms. The topological polar surface area (TPSA) is 86.2 Å². The molecule has 0 aliphatic heterocycles. The monoisotopic (exact) mass is 322 g/mol. The summed E-state index contributed by atoms with van der Waals surface area (Å²) in [5.74, 6) is -1.63. The van der Waals surface area contributed by atoms with Crippen molar-refractivity contribution >= 4 is 23.2 Å². The number of nitro benzene ring substituents is 1. The molecular weight excluding hydrogens is 311 g/mol. The number of nitrogens with zero attached hydrogens (tertiary/aromatic N) is 1. The van der Waals surface area contributed by atoms with Crippen LogP contribution in [0.15, 0.2) is 36.4 Å². The number of carbonyl (C=O) groups is 1. The Balaban J connectivity index is 2.61. The molecule has 0 aliphatic carbocycles.